The van der Waals surface area contributed by atoms with E-state index in [4.69, 9.17) is 0 Å². The predicted octanol–water partition coefficient (Wildman–Crippen LogP) is 3.06. The first kappa shape index (κ1) is 18.2. The number of methoxy groups -OCH3 is 1. The first-order valence-electron chi connectivity index (χ1n) is 7.75. The molecule has 0 spiro atoms. The maximum atomic E-state index is 12.5. The number of para-hydroxylation sites is 1. The van der Waals surface area contributed by atoms with Crippen LogP contribution in [0.4, 0.5) is 11.4 Å². The number of amides is 2. The Kier molecular flexibility index (Phi) is 5.89. The summed E-state index contributed by atoms with van der Waals surface area (Å²) >= 11 is 0. The molecule has 0 saturated heterocycles. The van der Waals surface area contributed by atoms with Crippen LogP contribution in [0.3, 0.4) is 0 Å². The van der Waals surface area contributed by atoms with E-state index >= 15 is 0 Å². The molecule has 0 atom stereocenters. The topological polar surface area (TPSA) is 84.5 Å². The van der Waals surface area contributed by atoms with Crippen LogP contribution in [0.5, 0.6) is 0 Å². The first-order valence-corrected chi connectivity index (χ1v) is 7.75. The third-order valence-electron chi connectivity index (χ3n) is 3.74. The fraction of sp³-hybridized carbons (Fsp3) is 0.211. The molecule has 25 heavy (non-hydrogen) atoms. The van der Waals surface area contributed by atoms with E-state index in [1.807, 2.05) is 32.0 Å². The molecule has 0 aliphatic carbocycles. The number of aryl methyl sites for hydroxylation is 2. The van der Waals surface area contributed by atoms with Crippen LogP contribution in [-0.2, 0) is 14.3 Å². The summed E-state index contributed by atoms with van der Waals surface area (Å²) in [4.78, 5) is 35.6. The Balaban J connectivity index is 2.15. The van der Waals surface area contributed by atoms with Crippen molar-refractivity contribution in [3.05, 3.63) is 59.2 Å². The molecule has 2 aromatic carbocycles. The summed E-state index contributed by atoms with van der Waals surface area (Å²) in [6.45, 7) is 3.96. The highest BCUT2D eigenvalue weighted by molar-refractivity contribution is 6.11. The van der Waals surface area contributed by atoms with Gasteiger partial charge in [-0.3, -0.25) is 14.4 Å². The normalized spacial score (nSPS) is 10.0. The number of ether oxygens (including phenoxy) is 1. The highest BCUT2D eigenvalue weighted by atomic mass is 16.5. The van der Waals surface area contributed by atoms with Crippen molar-refractivity contribution in [1.82, 2.24) is 0 Å². The Hall–Kier alpha value is -3.15. The zero-order valence-corrected chi connectivity index (χ0v) is 14.4. The van der Waals surface area contributed by atoms with Gasteiger partial charge in [0.2, 0.25) is 5.91 Å². The molecule has 2 aromatic rings. The average molecular weight is 340 g/mol. The number of esters is 1. The molecule has 0 bridgehead atoms. The van der Waals surface area contributed by atoms with Crippen molar-refractivity contribution in [2.75, 3.05) is 17.7 Å². The van der Waals surface area contributed by atoms with Gasteiger partial charge in [-0.15, -0.1) is 0 Å². The van der Waals surface area contributed by atoms with Crippen molar-refractivity contribution < 1.29 is 19.1 Å². The van der Waals surface area contributed by atoms with E-state index in [0.29, 0.717) is 16.9 Å². The molecule has 2 amide bonds. The van der Waals surface area contributed by atoms with Gasteiger partial charge in [0, 0.05) is 5.69 Å². The number of carbonyl (C=O) groups excluding carboxylic acids is 3. The third-order valence-corrected chi connectivity index (χ3v) is 3.74. The van der Waals surface area contributed by atoms with Crippen molar-refractivity contribution in [2.24, 2.45) is 0 Å². The van der Waals surface area contributed by atoms with Gasteiger partial charge in [0.1, 0.15) is 6.42 Å². The van der Waals surface area contributed by atoms with E-state index in [9.17, 15) is 14.4 Å². The van der Waals surface area contributed by atoms with Gasteiger partial charge in [0.05, 0.1) is 18.4 Å². The molecule has 0 radical (unpaired) electrons. The number of hydrogen-bond donors (Lipinski definition) is 2. The smallest absolute Gasteiger partial charge is 0.315 e. The molecule has 6 nitrogen and oxygen atoms in total. The summed E-state index contributed by atoms with van der Waals surface area (Å²) in [7, 11) is 1.21. The molecule has 0 heterocycles. The zero-order chi connectivity index (χ0) is 18.4. The predicted molar refractivity (Wildman–Crippen MR) is 95.6 cm³/mol. The lowest BCUT2D eigenvalue weighted by Crippen LogP contribution is -2.20. The Morgan fingerprint density at radius 1 is 0.960 bits per heavy atom. The highest BCUT2D eigenvalue weighted by Crippen LogP contribution is 2.19. The van der Waals surface area contributed by atoms with Crippen molar-refractivity contribution in [3.63, 3.8) is 0 Å². The van der Waals surface area contributed by atoms with Crippen LogP contribution in [0.25, 0.3) is 0 Å². The molecule has 2 rings (SSSR count). The molecule has 0 aliphatic heterocycles. The summed E-state index contributed by atoms with van der Waals surface area (Å²) in [5.74, 6) is -1.54. The average Bonchev–Trinajstić information content (AvgIpc) is 2.58. The molecule has 6 heteroatoms. The Labute approximate surface area is 146 Å². The number of carbonyl (C=O) groups is 3. The molecule has 0 aromatic heterocycles. The molecular formula is C19H20N2O4. The van der Waals surface area contributed by atoms with E-state index in [1.165, 1.54) is 7.11 Å². The van der Waals surface area contributed by atoms with Gasteiger partial charge in [-0.25, -0.2) is 0 Å². The number of hydrogen-bond acceptors (Lipinski definition) is 4. The minimum atomic E-state index is -0.644. The Bertz CT molecular complexity index is 815. The van der Waals surface area contributed by atoms with Crippen LogP contribution >= 0.6 is 0 Å². The SMILES string of the molecule is COC(=O)CC(=O)Nc1ccccc1C(=O)Nc1ccc(C)c(C)c1. The fourth-order valence-corrected chi connectivity index (χ4v) is 2.21. The maximum absolute atomic E-state index is 12.5. The van der Waals surface area contributed by atoms with E-state index in [2.05, 4.69) is 15.4 Å². The number of anilines is 2. The molecule has 0 saturated carbocycles. The molecule has 0 fully saturated rings. The molecule has 2 N–H and O–H groups in total. The molecular weight excluding hydrogens is 320 g/mol. The lowest BCUT2D eigenvalue weighted by molar-refractivity contribution is -0.142. The lowest BCUT2D eigenvalue weighted by Gasteiger charge is -2.12. The number of nitrogens with one attached hydrogen (secondary N) is 2. The number of rotatable bonds is 5. The second-order valence-corrected chi connectivity index (χ2v) is 5.60. The molecule has 0 unspecified atom stereocenters. The van der Waals surface area contributed by atoms with Crippen LogP contribution < -0.4 is 10.6 Å². The fourth-order valence-electron chi connectivity index (χ4n) is 2.21. The van der Waals surface area contributed by atoms with Crippen LogP contribution in [0.15, 0.2) is 42.5 Å². The lowest BCUT2D eigenvalue weighted by atomic mass is 10.1. The van der Waals surface area contributed by atoms with E-state index in [1.54, 1.807) is 24.3 Å². The van der Waals surface area contributed by atoms with Crippen LogP contribution in [0.1, 0.15) is 27.9 Å². The summed E-state index contributed by atoms with van der Waals surface area (Å²) in [6, 6.07) is 12.2. The van der Waals surface area contributed by atoms with Gasteiger partial charge >= 0.3 is 5.97 Å². The van der Waals surface area contributed by atoms with Crippen molar-refractivity contribution in [2.45, 2.75) is 20.3 Å². The second kappa shape index (κ2) is 8.10. The van der Waals surface area contributed by atoms with Crippen LogP contribution in [0.2, 0.25) is 0 Å². The molecule has 130 valence electrons. The van der Waals surface area contributed by atoms with Crippen molar-refractivity contribution in [1.29, 1.82) is 0 Å². The van der Waals surface area contributed by atoms with Gasteiger partial charge in [0.15, 0.2) is 0 Å². The Morgan fingerprint density at radius 2 is 1.68 bits per heavy atom. The monoisotopic (exact) mass is 340 g/mol. The minimum absolute atomic E-state index is 0.305. The van der Waals surface area contributed by atoms with Crippen LogP contribution in [0, 0.1) is 13.8 Å². The van der Waals surface area contributed by atoms with Gasteiger partial charge < -0.3 is 15.4 Å². The summed E-state index contributed by atoms with van der Waals surface area (Å²) < 4.78 is 4.46. The largest absolute Gasteiger partial charge is 0.469 e. The van der Waals surface area contributed by atoms with Crippen molar-refractivity contribution in [3.8, 4) is 0 Å². The second-order valence-electron chi connectivity index (χ2n) is 5.60. The molecule has 0 aliphatic rings. The minimum Gasteiger partial charge on any atom is -0.469 e. The van der Waals surface area contributed by atoms with E-state index in [-0.39, 0.29) is 5.91 Å². The zero-order valence-electron chi connectivity index (χ0n) is 14.4. The summed E-state index contributed by atoms with van der Waals surface area (Å²) in [5, 5.41) is 5.37. The summed E-state index contributed by atoms with van der Waals surface area (Å²) in [5.41, 5.74) is 3.51. The van der Waals surface area contributed by atoms with Gasteiger partial charge in [-0.05, 0) is 49.2 Å². The highest BCUT2D eigenvalue weighted by Gasteiger charge is 2.15. The van der Waals surface area contributed by atoms with Crippen molar-refractivity contribution >= 4 is 29.2 Å². The number of benzene rings is 2. The van der Waals surface area contributed by atoms with Crippen LogP contribution in [-0.4, -0.2) is 24.9 Å². The quantitative estimate of drug-likeness (QED) is 0.647. The third kappa shape index (κ3) is 4.91. The van der Waals surface area contributed by atoms with E-state index < -0.39 is 18.3 Å². The van der Waals surface area contributed by atoms with Gasteiger partial charge in [-0.2, -0.15) is 0 Å². The Morgan fingerprint density at radius 3 is 2.36 bits per heavy atom. The van der Waals surface area contributed by atoms with Gasteiger partial charge in [-0.1, -0.05) is 18.2 Å². The van der Waals surface area contributed by atoms with E-state index in [0.717, 1.165) is 11.1 Å². The first-order chi connectivity index (χ1) is 11.9. The summed E-state index contributed by atoms with van der Waals surface area (Å²) in [6.07, 6.45) is -0.413. The van der Waals surface area contributed by atoms with Gasteiger partial charge in [0.25, 0.3) is 5.91 Å². The maximum Gasteiger partial charge on any atom is 0.315 e. The standard InChI is InChI=1S/C19H20N2O4/c1-12-8-9-14(10-13(12)2)20-19(24)15-6-4-5-7-16(15)21-17(22)11-18(23)25-3/h4-10H,11H2,1-3H3,(H,20,24)(H,21,22).